The van der Waals surface area contributed by atoms with Crippen LogP contribution in [0.4, 0.5) is 0 Å². The fourth-order valence-corrected chi connectivity index (χ4v) is 5.98. The highest BCUT2D eigenvalue weighted by Crippen LogP contribution is 2.40. The highest BCUT2D eigenvalue weighted by atomic mass is 16.5. The van der Waals surface area contributed by atoms with Crippen LogP contribution in [-0.2, 0) is 16.1 Å². The second-order valence-electron chi connectivity index (χ2n) is 11.6. The van der Waals surface area contributed by atoms with E-state index in [4.69, 9.17) is 9.47 Å². The highest BCUT2D eigenvalue weighted by Gasteiger charge is 2.31. The summed E-state index contributed by atoms with van der Waals surface area (Å²) in [6.45, 7) is 14.5. The number of rotatable bonds is 7. The van der Waals surface area contributed by atoms with E-state index < -0.39 is 0 Å². The maximum absolute atomic E-state index is 12.0. The number of fused-ring (bicyclic) bond motifs is 1. The van der Waals surface area contributed by atoms with Crippen molar-refractivity contribution in [3.63, 3.8) is 0 Å². The van der Waals surface area contributed by atoms with Gasteiger partial charge in [0, 0.05) is 25.1 Å². The number of hydrogen-bond donors (Lipinski definition) is 0. The first kappa shape index (κ1) is 25.0. The minimum Gasteiger partial charge on any atom is -0.490 e. The second kappa shape index (κ2) is 10.7. The standard InChI is InChI=1S/C30H43NO3/c1-6-33-29(32)18-22-15-16-31(19-22)20-27-26-10-8-7-9-25(26)21(2)17-28(27)34-24-13-11-23(12-14-24)30(3,4)5/h7-10,17,22-24H,6,11-16,18-20H2,1-5H3/t22?,23-,24-. The van der Waals surface area contributed by atoms with Crippen molar-refractivity contribution in [2.75, 3.05) is 19.7 Å². The molecule has 0 radical (unpaired) electrons. The van der Waals surface area contributed by atoms with E-state index in [1.54, 1.807) is 0 Å². The summed E-state index contributed by atoms with van der Waals surface area (Å²) in [6.07, 6.45) is 6.65. The number of carbonyl (C=O) groups is 1. The van der Waals surface area contributed by atoms with Crippen molar-refractivity contribution in [1.29, 1.82) is 0 Å². The van der Waals surface area contributed by atoms with E-state index in [1.807, 2.05) is 6.92 Å². The predicted molar refractivity (Wildman–Crippen MR) is 139 cm³/mol. The average molecular weight is 466 g/mol. The summed E-state index contributed by atoms with van der Waals surface area (Å²) in [5, 5.41) is 2.61. The molecule has 4 heteroatoms. The Morgan fingerprint density at radius 3 is 2.44 bits per heavy atom. The Kier molecular flexibility index (Phi) is 7.87. The zero-order chi connectivity index (χ0) is 24.3. The predicted octanol–water partition coefficient (Wildman–Crippen LogP) is 6.91. The third-order valence-electron chi connectivity index (χ3n) is 8.03. The Morgan fingerprint density at radius 2 is 1.76 bits per heavy atom. The molecule has 1 saturated carbocycles. The molecule has 1 saturated heterocycles. The van der Waals surface area contributed by atoms with Gasteiger partial charge in [-0.05, 0) is 92.1 Å². The fourth-order valence-electron chi connectivity index (χ4n) is 5.98. The molecule has 0 aromatic heterocycles. The third-order valence-corrected chi connectivity index (χ3v) is 8.03. The Bertz CT molecular complexity index is 984. The fraction of sp³-hybridized carbons (Fsp3) is 0.633. The van der Waals surface area contributed by atoms with Gasteiger partial charge in [-0.25, -0.2) is 0 Å². The first-order valence-corrected chi connectivity index (χ1v) is 13.3. The van der Waals surface area contributed by atoms with Crippen molar-refractivity contribution in [2.24, 2.45) is 17.3 Å². The number of hydrogen-bond acceptors (Lipinski definition) is 4. The molecule has 0 N–H and O–H groups in total. The largest absolute Gasteiger partial charge is 0.490 e. The van der Waals surface area contributed by atoms with Crippen LogP contribution in [0.3, 0.4) is 0 Å². The van der Waals surface area contributed by atoms with Crippen LogP contribution in [0, 0.1) is 24.2 Å². The molecule has 4 nitrogen and oxygen atoms in total. The van der Waals surface area contributed by atoms with E-state index in [1.165, 1.54) is 34.7 Å². The van der Waals surface area contributed by atoms with Gasteiger partial charge in [0.1, 0.15) is 5.75 Å². The third kappa shape index (κ3) is 5.94. The molecule has 1 heterocycles. The lowest BCUT2D eigenvalue weighted by Crippen LogP contribution is -2.31. The SMILES string of the molecule is CCOC(=O)CC1CCN(Cc2c(O[C@H]3CC[C@H](C(C)(C)C)CC3)cc(C)c3ccccc23)C1. The van der Waals surface area contributed by atoms with Crippen LogP contribution in [0.2, 0.25) is 0 Å². The Balaban J connectivity index is 1.51. The van der Waals surface area contributed by atoms with Gasteiger partial charge in [0.05, 0.1) is 12.7 Å². The molecule has 1 aliphatic heterocycles. The number of nitrogens with zero attached hydrogens (tertiary/aromatic N) is 1. The van der Waals surface area contributed by atoms with Crippen molar-refractivity contribution in [1.82, 2.24) is 4.90 Å². The molecule has 34 heavy (non-hydrogen) atoms. The van der Waals surface area contributed by atoms with Crippen molar-refractivity contribution >= 4 is 16.7 Å². The van der Waals surface area contributed by atoms with Crippen LogP contribution in [0.5, 0.6) is 5.75 Å². The van der Waals surface area contributed by atoms with Crippen molar-refractivity contribution < 1.29 is 14.3 Å². The zero-order valence-electron chi connectivity index (χ0n) is 21.9. The van der Waals surface area contributed by atoms with Gasteiger partial charge in [0.25, 0.3) is 0 Å². The summed E-state index contributed by atoms with van der Waals surface area (Å²) < 4.78 is 12.0. The van der Waals surface area contributed by atoms with E-state index in [0.717, 1.165) is 50.6 Å². The number of benzene rings is 2. The minimum absolute atomic E-state index is 0.0648. The van der Waals surface area contributed by atoms with Crippen LogP contribution in [0.15, 0.2) is 30.3 Å². The summed E-state index contributed by atoms with van der Waals surface area (Å²) >= 11 is 0. The molecule has 1 aliphatic carbocycles. The first-order chi connectivity index (χ1) is 16.2. The number of likely N-dealkylation sites (tertiary alicyclic amines) is 1. The van der Waals surface area contributed by atoms with Gasteiger partial charge in [0.15, 0.2) is 0 Å². The molecule has 0 bridgehead atoms. The lowest BCUT2D eigenvalue weighted by Gasteiger charge is -2.37. The summed E-state index contributed by atoms with van der Waals surface area (Å²) in [5.41, 5.74) is 2.96. The number of ether oxygens (including phenoxy) is 2. The van der Waals surface area contributed by atoms with Gasteiger partial charge in [0.2, 0.25) is 0 Å². The molecule has 0 spiro atoms. The van der Waals surface area contributed by atoms with Crippen LogP contribution in [0.25, 0.3) is 10.8 Å². The van der Waals surface area contributed by atoms with Gasteiger partial charge in [-0.3, -0.25) is 9.69 Å². The summed E-state index contributed by atoms with van der Waals surface area (Å²) in [4.78, 5) is 14.5. The molecule has 1 unspecified atom stereocenters. The molecule has 1 atom stereocenters. The van der Waals surface area contributed by atoms with E-state index in [0.29, 0.717) is 30.5 Å². The summed E-state index contributed by atoms with van der Waals surface area (Å²) in [7, 11) is 0. The highest BCUT2D eigenvalue weighted by molar-refractivity contribution is 5.90. The first-order valence-electron chi connectivity index (χ1n) is 13.3. The smallest absolute Gasteiger partial charge is 0.306 e. The molecular weight excluding hydrogens is 422 g/mol. The molecule has 2 aliphatic rings. The zero-order valence-corrected chi connectivity index (χ0v) is 21.9. The maximum Gasteiger partial charge on any atom is 0.306 e. The van der Waals surface area contributed by atoms with Gasteiger partial charge in [-0.1, -0.05) is 45.0 Å². The van der Waals surface area contributed by atoms with Crippen molar-refractivity contribution in [3.05, 3.63) is 41.5 Å². The Labute approximate surface area is 206 Å². The second-order valence-corrected chi connectivity index (χ2v) is 11.6. The van der Waals surface area contributed by atoms with Crippen molar-refractivity contribution in [3.8, 4) is 5.75 Å². The minimum atomic E-state index is -0.0648. The maximum atomic E-state index is 12.0. The lowest BCUT2D eigenvalue weighted by molar-refractivity contribution is -0.144. The Morgan fingerprint density at radius 1 is 1.06 bits per heavy atom. The molecule has 186 valence electrons. The van der Waals surface area contributed by atoms with Gasteiger partial charge >= 0.3 is 5.97 Å². The summed E-state index contributed by atoms with van der Waals surface area (Å²) in [6, 6.07) is 11.0. The van der Waals surface area contributed by atoms with Gasteiger partial charge in [-0.2, -0.15) is 0 Å². The van der Waals surface area contributed by atoms with Crippen molar-refractivity contribution in [2.45, 2.75) is 85.8 Å². The van der Waals surface area contributed by atoms with E-state index in [2.05, 4.69) is 62.9 Å². The van der Waals surface area contributed by atoms with Crippen LogP contribution >= 0.6 is 0 Å². The molecular formula is C30H43NO3. The van der Waals surface area contributed by atoms with Gasteiger partial charge in [-0.15, -0.1) is 0 Å². The topological polar surface area (TPSA) is 38.8 Å². The normalized spacial score (nSPS) is 23.9. The quantitative estimate of drug-likeness (QED) is 0.417. The van der Waals surface area contributed by atoms with Gasteiger partial charge < -0.3 is 9.47 Å². The van der Waals surface area contributed by atoms with E-state index in [9.17, 15) is 4.79 Å². The number of aryl methyl sites for hydroxylation is 1. The molecule has 2 aromatic carbocycles. The Hall–Kier alpha value is -2.07. The monoisotopic (exact) mass is 465 g/mol. The number of carbonyl (C=O) groups excluding carboxylic acids is 1. The summed E-state index contributed by atoms with van der Waals surface area (Å²) in [5.74, 6) is 2.16. The molecule has 0 amide bonds. The average Bonchev–Trinajstić information content (AvgIpc) is 3.23. The number of esters is 1. The molecule has 4 rings (SSSR count). The molecule has 2 fully saturated rings. The van der Waals surface area contributed by atoms with Crippen LogP contribution in [0.1, 0.15) is 77.3 Å². The van der Waals surface area contributed by atoms with E-state index >= 15 is 0 Å². The lowest BCUT2D eigenvalue weighted by atomic mass is 9.72. The van der Waals surface area contributed by atoms with E-state index in [-0.39, 0.29) is 5.97 Å². The molecule has 2 aromatic rings. The van der Waals surface area contributed by atoms with Crippen LogP contribution in [-0.4, -0.2) is 36.7 Å². The van der Waals surface area contributed by atoms with Crippen LogP contribution < -0.4 is 4.74 Å².